The molecule has 0 radical (unpaired) electrons. The molecule has 1 aromatic carbocycles. The molecule has 0 saturated carbocycles. The lowest BCUT2D eigenvalue weighted by atomic mass is 9.94. The molecule has 1 fully saturated rings. The smallest absolute Gasteiger partial charge is 0.313 e. The molecule has 2 amide bonds. The van der Waals surface area contributed by atoms with Crippen LogP contribution in [0.4, 0.5) is 23.7 Å². The minimum absolute atomic E-state index is 0.0865. The number of H-pyrrole nitrogens is 1. The minimum Gasteiger partial charge on any atom is -0.313 e. The lowest BCUT2D eigenvalue weighted by molar-refractivity contribution is -0.0328. The zero-order valence-corrected chi connectivity index (χ0v) is 17.2. The number of hydrogen-bond acceptors (Lipinski definition) is 4. The largest absolute Gasteiger partial charge is 0.446 e. The summed E-state index contributed by atoms with van der Waals surface area (Å²) in [5, 5.41) is 8.06. The Bertz CT molecular complexity index is 1060. The van der Waals surface area contributed by atoms with Gasteiger partial charge in [-0.15, -0.1) is 0 Å². The third kappa shape index (κ3) is 4.09. The molecule has 3 heterocycles. The van der Waals surface area contributed by atoms with Crippen molar-refractivity contribution in [3.05, 3.63) is 48.3 Å². The molecule has 6 nitrogen and oxygen atoms in total. The van der Waals surface area contributed by atoms with E-state index in [0.717, 1.165) is 11.1 Å². The normalized spacial score (nSPS) is 17.0. The second-order valence-electron chi connectivity index (χ2n) is 7.69. The fourth-order valence-electron chi connectivity index (χ4n) is 3.55. The van der Waals surface area contributed by atoms with E-state index in [9.17, 15) is 18.0 Å². The Morgan fingerprint density at radius 2 is 1.93 bits per heavy atom. The number of pyridine rings is 1. The highest BCUT2D eigenvalue weighted by Gasteiger charge is 2.40. The minimum atomic E-state index is -4.34. The molecular weight excluding hydrogens is 415 g/mol. The van der Waals surface area contributed by atoms with Gasteiger partial charge in [0.2, 0.25) is 0 Å². The van der Waals surface area contributed by atoms with Gasteiger partial charge in [0.1, 0.15) is 0 Å². The molecule has 158 valence electrons. The van der Waals surface area contributed by atoms with Crippen molar-refractivity contribution in [2.45, 2.75) is 42.8 Å². The summed E-state index contributed by atoms with van der Waals surface area (Å²) in [5.41, 5.74) is -2.79. The zero-order valence-electron chi connectivity index (χ0n) is 16.4. The van der Waals surface area contributed by atoms with Crippen molar-refractivity contribution in [1.29, 1.82) is 0 Å². The van der Waals surface area contributed by atoms with E-state index in [-0.39, 0.29) is 22.7 Å². The summed E-state index contributed by atoms with van der Waals surface area (Å²) in [6.45, 7) is 4.78. The van der Waals surface area contributed by atoms with Gasteiger partial charge in [0.05, 0.1) is 12.2 Å². The van der Waals surface area contributed by atoms with E-state index in [4.69, 9.17) is 0 Å². The first-order valence-electron chi connectivity index (χ1n) is 9.37. The van der Waals surface area contributed by atoms with E-state index in [2.05, 4.69) is 15.2 Å². The second-order valence-corrected chi connectivity index (χ2v) is 8.83. The molecule has 0 atom stereocenters. The molecule has 10 heteroatoms. The molecule has 0 spiro atoms. The number of fused-ring (bicyclic) bond motifs is 1. The number of nitrogens with zero attached hydrogens (tertiary/aromatic N) is 4. The van der Waals surface area contributed by atoms with Crippen molar-refractivity contribution >= 4 is 34.5 Å². The number of hydrogen-bond donors (Lipinski definition) is 1. The van der Waals surface area contributed by atoms with Gasteiger partial charge in [-0.25, -0.2) is 9.78 Å². The molecule has 30 heavy (non-hydrogen) atoms. The molecular formula is C20H20F3N5OS. The van der Waals surface area contributed by atoms with Crippen LogP contribution in [0.5, 0.6) is 0 Å². The van der Waals surface area contributed by atoms with Crippen LogP contribution < -0.4 is 4.90 Å². The average Bonchev–Trinajstić information content (AvgIpc) is 3.08. The van der Waals surface area contributed by atoms with Gasteiger partial charge >= 0.3 is 11.5 Å². The summed E-state index contributed by atoms with van der Waals surface area (Å²) in [6.07, 6.45) is 2.38. The Balaban J connectivity index is 1.58. The van der Waals surface area contributed by atoms with Crippen molar-refractivity contribution in [1.82, 2.24) is 20.1 Å². The second kappa shape index (κ2) is 7.50. The highest BCUT2D eigenvalue weighted by Crippen LogP contribution is 2.38. The summed E-state index contributed by atoms with van der Waals surface area (Å²) < 4.78 is 37.7. The van der Waals surface area contributed by atoms with Crippen LogP contribution in [0.1, 0.15) is 26.0 Å². The van der Waals surface area contributed by atoms with Crippen LogP contribution in [0.3, 0.4) is 0 Å². The van der Waals surface area contributed by atoms with Crippen LogP contribution in [-0.4, -0.2) is 43.7 Å². The Labute approximate surface area is 175 Å². The predicted molar refractivity (Wildman–Crippen MR) is 109 cm³/mol. The molecule has 4 rings (SSSR count). The van der Waals surface area contributed by atoms with Crippen LogP contribution in [0.2, 0.25) is 0 Å². The highest BCUT2D eigenvalue weighted by molar-refractivity contribution is 8.00. The zero-order chi connectivity index (χ0) is 21.5. The van der Waals surface area contributed by atoms with Crippen molar-refractivity contribution in [2.75, 3.05) is 11.4 Å². The van der Waals surface area contributed by atoms with Crippen LogP contribution >= 0.6 is 11.8 Å². The van der Waals surface area contributed by atoms with Gasteiger partial charge in [0.15, 0.2) is 5.65 Å². The van der Waals surface area contributed by atoms with Gasteiger partial charge < -0.3 is 4.90 Å². The molecule has 0 bridgehead atoms. The first-order valence-corrected chi connectivity index (χ1v) is 10.2. The Kier molecular flexibility index (Phi) is 5.13. The molecule has 1 N–H and O–H groups in total. The highest BCUT2D eigenvalue weighted by atomic mass is 32.2. The van der Waals surface area contributed by atoms with Crippen LogP contribution in [0.25, 0.3) is 11.0 Å². The van der Waals surface area contributed by atoms with Crippen molar-refractivity contribution < 1.29 is 18.0 Å². The summed E-state index contributed by atoms with van der Waals surface area (Å²) in [6, 6.07) is 9.39. The van der Waals surface area contributed by atoms with E-state index in [1.807, 2.05) is 26.0 Å². The van der Waals surface area contributed by atoms with Crippen LogP contribution in [0.15, 0.2) is 47.5 Å². The number of benzene rings is 1. The first-order chi connectivity index (χ1) is 14.1. The predicted octanol–water partition coefficient (Wildman–Crippen LogP) is 5.18. The Morgan fingerprint density at radius 3 is 2.63 bits per heavy atom. The number of amides is 2. The maximum atomic E-state index is 13.3. The van der Waals surface area contributed by atoms with Gasteiger partial charge in [-0.05, 0) is 68.4 Å². The van der Waals surface area contributed by atoms with Gasteiger partial charge in [0.25, 0.3) is 0 Å². The van der Waals surface area contributed by atoms with Crippen molar-refractivity contribution in [3.8, 4) is 0 Å². The number of nitrogens with one attached hydrogen (secondary N) is 1. The number of carbonyl (C=O) groups is 1. The van der Waals surface area contributed by atoms with Crippen molar-refractivity contribution in [3.63, 3.8) is 0 Å². The fraction of sp³-hybridized carbons (Fsp3) is 0.350. The van der Waals surface area contributed by atoms with E-state index in [1.165, 1.54) is 12.1 Å². The van der Waals surface area contributed by atoms with Gasteiger partial charge in [-0.3, -0.25) is 10.00 Å². The van der Waals surface area contributed by atoms with Gasteiger partial charge in [-0.1, -0.05) is 0 Å². The monoisotopic (exact) mass is 435 g/mol. The molecule has 1 saturated heterocycles. The standard InChI is InChI=1S/C20H20F3N5OS/c1-19(2)9-11-27(13-5-7-14(8-6-13)30-20(21,22)23)18(29)28(19)12-16-15-4-3-10-24-17(15)26-25-16/h3-8,10H,9,11-12H2,1-2H3,(H,24,25,26). The lowest BCUT2D eigenvalue weighted by Gasteiger charge is -2.46. The Morgan fingerprint density at radius 1 is 1.20 bits per heavy atom. The molecule has 0 unspecified atom stereocenters. The number of halogens is 3. The van der Waals surface area contributed by atoms with Crippen molar-refractivity contribution in [2.24, 2.45) is 0 Å². The molecule has 2 aromatic heterocycles. The first kappa shape index (κ1) is 20.5. The maximum Gasteiger partial charge on any atom is 0.446 e. The third-order valence-electron chi connectivity index (χ3n) is 5.24. The number of aromatic amines is 1. The summed E-state index contributed by atoms with van der Waals surface area (Å²) in [5.74, 6) is 0. The molecule has 3 aromatic rings. The molecule has 0 aliphatic carbocycles. The van der Waals surface area contributed by atoms with E-state index < -0.39 is 11.0 Å². The number of anilines is 1. The third-order valence-corrected chi connectivity index (χ3v) is 5.98. The van der Waals surface area contributed by atoms with Crippen LogP contribution in [0, 0.1) is 0 Å². The molecule has 1 aliphatic rings. The lowest BCUT2D eigenvalue weighted by Crippen LogP contribution is -2.59. The number of thioether (sulfide) groups is 1. The Hall–Kier alpha value is -2.75. The maximum absolute atomic E-state index is 13.3. The average molecular weight is 435 g/mol. The number of carbonyl (C=O) groups excluding carboxylic acids is 1. The number of rotatable bonds is 4. The number of alkyl halides is 3. The van der Waals surface area contributed by atoms with E-state index >= 15 is 0 Å². The van der Waals surface area contributed by atoms with Gasteiger partial charge in [0, 0.05) is 34.2 Å². The van der Waals surface area contributed by atoms with E-state index in [0.29, 0.717) is 30.8 Å². The van der Waals surface area contributed by atoms with Crippen LogP contribution in [-0.2, 0) is 6.54 Å². The topological polar surface area (TPSA) is 65.1 Å². The summed E-state index contributed by atoms with van der Waals surface area (Å²) >= 11 is -0.170. The quantitative estimate of drug-likeness (QED) is 0.574. The summed E-state index contributed by atoms with van der Waals surface area (Å²) in [7, 11) is 0. The van der Waals surface area contributed by atoms with E-state index in [1.54, 1.807) is 28.1 Å². The number of aromatic nitrogens is 3. The SMILES string of the molecule is CC1(C)CCN(c2ccc(SC(F)(F)F)cc2)C(=O)N1Cc1n[nH]c2ncccc12. The fourth-order valence-corrected chi connectivity index (χ4v) is 4.09. The summed E-state index contributed by atoms with van der Waals surface area (Å²) in [4.78, 5) is 21.0. The van der Waals surface area contributed by atoms with Gasteiger partial charge in [-0.2, -0.15) is 18.3 Å². The molecule has 1 aliphatic heterocycles. The number of urea groups is 1.